The minimum atomic E-state index is -0.474. The van der Waals surface area contributed by atoms with E-state index in [4.69, 9.17) is 10.5 Å². The van der Waals surface area contributed by atoms with Crippen molar-refractivity contribution in [3.8, 4) is 0 Å². The molecule has 2 aromatic carbocycles. The third kappa shape index (κ3) is 5.40. The number of fused-ring (bicyclic) bond motifs is 1. The van der Waals surface area contributed by atoms with Gasteiger partial charge < -0.3 is 21.3 Å². The molecular formula is C27H27N3O4S. The van der Waals surface area contributed by atoms with Gasteiger partial charge in [-0.1, -0.05) is 60.2 Å². The Hall–Kier alpha value is -4.01. The van der Waals surface area contributed by atoms with Crippen LogP contribution in [0.4, 0.5) is 11.4 Å². The van der Waals surface area contributed by atoms with Gasteiger partial charge in [0, 0.05) is 16.6 Å². The summed E-state index contributed by atoms with van der Waals surface area (Å²) in [4.78, 5) is 31.5. The van der Waals surface area contributed by atoms with E-state index in [1.165, 1.54) is 11.3 Å². The Morgan fingerprint density at radius 2 is 1.74 bits per heavy atom. The summed E-state index contributed by atoms with van der Waals surface area (Å²) in [7, 11) is 0. The first kappa shape index (κ1) is 25.6. The Bertz CT molecular complexity index is 1390. The molecule has 0 fully saturated rings. The van der Waals surface area contributed by atoms with Crippen molar-refractivity contribution in [3.05, 3.63) is 87.4 Å². The van der Waals surface area contributed by atoms with Crippen molar-refractivity contribution in [2.24, 2.45) is 0 Å². The average molecular weight is 490 g/mol. The number of nitrogens with two attached hydrogens (primary N) is 1. The summed E-state index contributed by atoms with van der Waals surface area (Å²) in [6.07, 6.45) is 3.74. The van der Waals surface area contributed by atoms with Crippen LogP contribution in [-0.4, -0.2) is 28.9 Å². The standard InChI is InChI=1S/C27H25N3O3S.H2O/c1-4-33-27(32)21-17(3)29-26-22(20(21)15-12-18-8-6-5-7-9-18)23(28)24(34-26)25(31)30-19-13-10-16(2)11-14-19;/h5-15H,4,28H2,1-3H3,(H,30,31);1H2/b15-12+;. The normalized spacial score (nSPS) is 10.8. The monoisotopic (exact) mass is 489 g/mol. The van der Waals surface area contributed by atoms with Gasteiger partial charge in [-0.3, -0.25) is 4.79 Å². The number of amides is 1. The van der Waals surface area contributed by atoms with Gasteiger partial charge in [0.05, 0.1) is 23.6 Å². The fourth-order valence-corrected chi connectivity index (χ4v) is 4.72. The molecule has 1 amide bonds. The molecule has 35 heavy (non-hydrogen) atoms. The number of ether oxygens (including phenoxy) is 1. The van der Waals surface area contributed by atoms with Crippen molar-refractivity contribution in [2.45, 2.75) is 20.8 Å². The number of esters is 1. The zero-order valence-corrected chi connectivity index (χ0v) is 20.5. The third-order valence-corrected chi connectivity index (χ3v) is 6.43. The average Bonchev–Trinajstić information content (AvgIpc) is 3.15. The van der Waals surface area contributed by atoms with Crippen LogP contribution in [0, 0.1) is 13.8 Å². The number of pyridine rings is 1. The number of anilines is 2. The van der Waals surface area contributed by atoms with Crippen LogP contribution in [0.2, 0.25) is 0 Å². The minimum Gasteiger partial charge on any atom is -0.462 e. The fraction of sp³-hybridized carbons (Fsp3) is 0.148. The van der Waals surface area contributed by atoms with E-state index in [0.29, 0.717) is 37.6 Å². The maximum absolute atomic E-state index is 13.1. The highest BCUT2D eigenvalue weighted by Gasteiger charge is 2.25. The van der Waals surface area contributed by atoms with Crippen LogP contribution < -0.4 is 11.1 Å². The van der Waals surface area contributed by atoms with Gasteiger partial charge in [0.25, 0.3) is 5.91 Å². The van der Waals surface area contributed by atoms with Crippen molar-refractivity contribution in [2.75, 3.05) is 17.7 Å². The molecule has 4 rings (SSSR count). The molecule has 0 unspecified atom stereocenters. The number of rotatable bonds is 6. The van der Waals surface area contributed by atoms with Gasteiger partial charge in [0.1, 0.15) is 9.71 Å². The number of nitrogens with one attached hydrogen (secondary N) is 1. The lowest BCUT2D eigenvalue weighted by molar-refractivity contribution is 0.0525. The molecule has 0 aliphatic carbocycles. The van der Waals surface area contributed by atoms with E-state index in [9.17, 15) is 9.59 Å². The largest absolute Gasteiger partial charge is 0.462 e. The van der Waals surface area contributed by atoms with Crippen LogP contribution in [0.25, 0.3) is 22.4 Å². The number of carbonyl (C=O) groups excluding carboxylic acids is 2. The van der Waals surface area contributed by atoms with Crippen molar-refractivity contribution >= 4 is 57.0 Å². The molecule has 0 radical (unpaired) electrons. The van der Waals surface area contributed by atoms with E-state index in [-0.39, 0.29) is 23.7 Å². The predicted octanol–water partition coefficient (Wildman–Crippen LogP) is 5.27. The molecule has 0 atom stereocenters. The maximum atomic E-state index is 13.1. The summed E-state index contributed by atoms with van der Waals surface area (Å²) < 4.78 is 5.30. The molecule has 5 N–H and O–H groups in total. The van der Waals surface area contributed by atoms with Crippen molar-refractivity contribution in [1.29, 1.82) is 0 Å². The van der Waals surface area contributed by atoms with E-state index in [2.05, 4.69) is 10.3 Å². The molecule has 4 aromatic rings. The quantitative estimate of drug-likeness (QED) is 0.357. The first-order chi connectivity index (χ1) is 16.4. The summed E-state index contributed by atoms with van der Waals surface area (Å²) in [6.45, 7) is 5.73. The Kier molecular flexibility index (Phi) is 8.01. The lowest BCUT2D eigenvalue weighted by atomic mass is 10.0. The van der Waals surface area contributed by atoms with Crippen LogP contribution >= 0.6 is 11.3 Å². The van der Waals surface area contributed by atoms with E-state index in [0.717, 1.165) is 11.1 Å². The number of thiophene rings is 1. The smallest absolute Gasteiger partial charge is 0.340 e. The molecular weight excluding hydrogens is 462 g/mol. The van der Waals surface area contributed by atoms with Crippen LogP contribution in [0.1, 0.15) is 49.3 Å². The first-order valence-electron chi connectivity index (χ1n) is 10.9. The predicted molar refractivity (Wildman–Crippen MR) is 143 cm³/mol. The Balaban J connectivity index is 0.00000342. The summed E-state index contributed by atoms with van der Waals surface area (Å²) in [5, 5.41) is 3.46. The van der Waals surface area contributed by atoms with Gasteiger partial charge in [-0.2, -0.15) is 0 Å². The van der Waals surface area contributed by atoms with Crippen molar-refractivity contribution < 1.29 is 19.8 Å². The number of hydrogen-bond donors (Lipinski definition) is 2. The Labute approximate surface area is 207 Å². The highest BCUT2D eigenvalue weighted by Crippen LogP contribution is 2.38. The van der Waals surface area contributed by atoms with Gasteiger partial charge in [-0.25, -0.2) is 9.78 Å². The number of nitrogen functional groups attached to an aromatic ring is 1. The van der Waals surface area contributed by atoms with Gasteiger partial charge >= 0.3 is 5.97 Å². The maximum Gasteiger partial charge on any atom is 0.340 e. The molecule has 0 saturated heterocycles. The first-order valence-corrected chi connectivity index (χ1v) is 11.7. The van der Waals surface area contributed by atoms with Gasteiger partial charge in [0.15, 0.2) is 0 Å². The molecule has 0 saturated carbocycles. The summed E-state index contributed by atoms with van der Waals surface area (Å²) in [6, 6.07) is 17.3. The highest BCUT2D eigenvalue weighted by atomic mass is 32.1. The molecule has 0 aliphatic heterocycles. The second-order valence-electron chi connectivity index (χ2n) is 7.80. The molecule has 7 nitrogen and oxygen atoms in total. The van der Waals surface area contributed by atoms with Crippen LogP contribution in [0.3, 0.4) is 0 Å². The van der Waals surface area contributed by atoms with Gasteiger partial charge in [0.2, 0.25) is 0 Å². The van der Waals surface area contributed by atoms with E-state index < -0.39 is 5.97 Å². The number of aryl methyl sites for hydroxylation is 2. The molecule has 180 valence electrons. The lowest BCUT2D eigenvalue weighted by Crippen LogP contribution is -2.12. The molecule has 2 aromatic heterocycles. The summed E-state index contributed by atoms with van der Waals surface area (Å²) in [5.41, 5.74) is 11.0. The fourth-order valence-electron chi connectivity index (χ4n) is 3.66. The third-order valence-electron chi connectivity index (χ3n) is 5.33. The number of benzene rings is 2. The van der Waals surface area contributed by atoms with E-state index in [1.807, 2.05) is 73.7 Å². The zero-order valence-electron chi connectivity index (χ0n) is 19.7. The Morgan fingerprint density at radius 3 is 2.40 bits per heavy atom. The lowest BCUT2D eigenvalue weighted by Gasteiger charge is -2.11. The van der Waals surface area contributed by atoms with Crippen molar-refractivity contribution in [3.63, 3.8) is 0 Å². The number of nitrogens with zero attached hydrogens (tertiary/aromatic N) is 1. The Morgan fingerprint density at radius 1 is 1.06 bits per heavy atom. The molecule has 0 aliphatic rings. The molecule has 0 spiro atoms. The molecule has 0 bridgehead atoms. The molecule has 2 heterocycles. The number of carbonyl (C=O) groups is 2. The van der Waals surface area contributed by atoms with Crippen LogP contribution in [0.5, 0.6) is 0 Å². The number of aromatic nitrogens is 1. The summed E-state index contributed by atoms with van der Waals surface area (Å²) in [5.74, 6) is -0.795. The van der Waals surface area contributed by atoms with Gasteiger partial charge in [-0.15, -0.1) is 11.3 Å². The van der Waals surface area contributed by atoms with Crippen LogP contribution in [0.15, 0.2) is 54.6 Å². The van der Waals surface area contributed by atoms with Crippen molar-refractivity contribution in [1.82, 2.24) is 4.98 Å². The molecule has 8 heteroatoms. The van der Waals surface area contributed by atoms with Crippen LogP contribution in [-0.2, 0) is 4.74 Å². The highest BCUT2D eigenvalue weighted by molar-refractivity contribution is 7.21. The van der Waals surface area contributed by atoms with Gasteiger partial charge in [-0.05, 0) is 38.5 Å². The SMILES string of the molecule is CCOC(=O)c1c(C)nc2sc(C(=O)Nc3ccc(C)cc3)c(N)c2c1/C=C/c1ccccc1.O. The second-order valence-corrected chi connectivity index (χ2v) is 8.79. The topological polar surface area (TPSA) is 126 Å². The second kappa shape index (κ2) is 10.9. The summed E-state index contributed by atoms with van der Waals surface area (Å²) >= 11 is 1.20. The van der Waals surface area contributed by atoms with E-state index >= 15 is 0 Å². The van der Waals surface area contributed by atoms with E-state index in [1.54, 1.807) is 13.8 Å². The number of hydrogen-bond acceptors (Lipinski definition) is 6. The zero-order chi connectivity index (χ0) is 24.2. The minimum absolute atomic E-state index is 0.